The predicted octanol–water partition coefficient (Wildman–Crippen LogP) is 0.942. The molecule has 1 unspecified atom stereocenters. The Labute approximate surface area is 115 Å². The molecule has 6 nitrogen and oxygen atoms in total. The molecule has 19 heavy (non-hydrogen) atoms. The van der Waals surface area contributed by atoms with Crippen molar-refractivity contribution >= 4 is 23.2 Å². The SMILES string of the molecule is CNC(=O)C1CCCCN1Cc1csc(C(=O)O)n1. The van der Waals surface area contributed by atoms with E-state index in [2.05, 4.69) is 15.2 Å². The molecule has 0 aromatic carbocycles. The molecule has 0 aliphatic carbocycles. The number of carboxylic acids is 1. The maximum absolute atomic E-state index is 11.8. The molecule has 1 aromatic rings. The average Bonchev–Trinajstić information content (AvgIpc) is 2.87. The molecule has 0 bridgehead atoms. The van der Waals surface area contributed by atoms with Crippen molar-refractivity contribution in [2.45, 2.75) is 31.8 Å². The van der Waals surface area contributed by atoms with Gasteiger partial charge in [-0.05, 0) is 19.4 Å². The molecule has 1 aliphatic heterocycles. The van der Waals surface area contributed by atoms with Crippen molar-refractivity contribution in [2.24, 2.45) is 0 Å². The Morgan fingerprint density at radius 1 is 1.58 bits per heavy atom. The maximum atomic E-state index is 11.8. The van der Waals surface area contributed by atoms with Gasteiger partial charge in [-0.2, -0.15) is 0 Å². The van der Waals surface area contributed by atoms with Crippen LogP contribution in [0.1, 0.15) is 34.8 Å². The quantitative estimate of drug-likeness (QED) is 0.859. The fourth-order valence-corrected chi connectivity index (χ4v) is 2.98. The van der Waals surface area contributed by atoms with Gasteiger partial charge in [0.2, 0.25) is 10.9 Å². The highest BCUT2D eigenvalue weighted by atomic mass is 32.1. The van der Waals surface area contributed by atoms with Crippen LogP contribution in [0.25, 0.3) is 0 Å². The molecule has 104 valence electrons. The highest BCUT2D eigenvalue weighted by Crippen LogP contribution is 2.20. The highest BCUT2D eigenvalue weighted by Gasteiger charge is 2.28. The number of thiazole rings is 1. The van der Waals surface area contributed by atoms with Crippen LogP contribution < -0.4 is 5.32 Å². The number of piperidine rings is 1. The van der Waals surface area contributed by atoms with Gasteiger partial charge in [0.15, 0.2) is 0 Å². The molecular weight excluding hydrogens is 266 g/mol. The molecule has 1 fully saturated rings. The third-order valence-electron chi connectivity index (χ3n) is 3.26. The fraction of sp³-hybridized carbons (Fsp3) is 0.583. The summed E-state index contributed by atoms with van der Waals surface area (Å²) in [6.45, 7) is 1.37. The number of likely N-dealkylation sites (tertiary alicyclic amines) is 1. The van der Waals surface area contributed by atoms with Crippen molar-refractivity contribution in [1.29, 1.82) is 0 Å². The minimum Gasteiger partial charge on any atom is -0.476 e. The van der Waals surface area contributed by atoms with Gasteiger partial charge in [-0.1, -0.05) is 6.42 Å². The number of nitrogens with zero attached hydrogens (tertiary/aromatic N) is 2. The Morgan fingerprint density at radius 3 is 3.00 bits per heavy atom. The summed E-state index contributed by atoms with van der Waals surface area (Å²) in [5, 5.41) is 13.4. The zero-order valence-electron chi connectivity index (χ0n) is 10.8. The summed E-state index contributed by atoms with van der Waals surface area (Å²) in [6, 6.07) is -0.131. The van der Waals surface area contributed by atoms with E-state index in [4.69, 9.17) is 5.11 Å². The van der Waals surface area contributed by atoms with Gasteiger partial charge < -0.3 is 10.4 Å². The van der Waals surface area contributed by atoms with Crippen LogP contribution in [-0.4, -0.2) is 46.5 Å². The second kappa shape index (κ2) is 6.12. The number of nitrogens with one attached hydrogen (secondary N) is 1. The smallest absolute Gasteiger partial charge is 0.365 e. The van der Waals surface area contributed by atoms with E-state index in [9.17, 15) is 9.59 Å². The maximum Gasteiger partial charge on any atom is 0.365 e. The van der Waals surface area contributed by atoms with Crippen LogP contribution >= 0.6 is 11.3 Å². The Hall–Kier alpha value is -1.47. The zero-order valence-corrected chi connectivity index (χ0v) is 11.6. The van der Waals surface area contributed by atoms with E-state index in [1.807, 2.05) is 0 Å². The van der Waals surface area contributed by atoms with E-state index in [-0.39, 0.29) is 17.0 Å². The minimum atomic E-state index is -1.00. The standard InChI is InChI=1S/C12H17N3O3S/c1-13-10(16)9-4-2-3-5-15(9)6-8-7-19-11(14-8)12(17)18/h7,9H,2-6H2,1H3,(H,13,16)(H,17,18). The van der Waals surface area contributed by atoms with E-state index in [1.54, 1.807) is 12.4 Å². The molecule has 1 saturated heterocycles. The first-order valence-electron chi connectivity index (χ1n) is 6.25. The second-order valence-corrected chi connectivity index (χ2v) is 5.40. The van der Waals surface area contributed by atoms with E-state index >= 15 is 0 Å². The van der Waals surface area contributed by atoms with Gasteiger partial charge in [-0.25, -0.2) is 9.78 Å². The topological polar surface area (TPSA) is 82.5 Å². The van der Waals surface area contributed by atoms with Crippen LogP contribution in [0.2, 0.25) is 0 Å². The van der Waals surface area contributed by atoms with E-state index in [0.29, 0.717) is 6.54 Å². The molecule has 0 spiro atoms. The molecule has 2 rings (SSSR count). The summed E-state index contributed by atoms with van der Waals surface area (Å²) in [6.07, 6.45) is 2.95. The lowest BCUT2D eigenvalue weighted by Crippen LogP contribution is -2.48. The number of rotatable bonds is 4. The molecular formula is C12H17N3O3S. The summed E-state index contributed by atoms with van der Waals surface area (Å²) in [5.41, 5.74) is 0.721. The van der Waals surface area contributed by atoms with Crippen LogP contribution in [0.5, 0.6) is 0 Å². The average molecular weight is 283 g/mol. The Kier molecular flexibility index (Phi) is 4.49. The van der Waals surface area contributed by atoms with E-state index < -0.39 is 5.97 Å². The second-order valence-electron chi connectivity index (χ2n) is 4.55. The number of aromatic carboxylic acids is 1. The lowest BCUT2D eigenvalue weighted by molar-refractivity contribution is -0.127. The van der Waals surface area contributed by atoms with Crippen molar-refractivity contribution in [2.75, 3.05) is 13.6 Å². The first-order valence-corrected chi connectivity index (χ1v) is 7.13. The highest BCUT2D eigenvalue weighted by molar-refractivity contribution is 7.11. The van der Waals surface area contributed by atoms with Crippen LogP contribution in [-0.2, 0) is 11.3 Å². The van der Waals surface area contributed by atoms with Gasteiger partial charge in [-0.15, -0.1) is 11.3 Å². The fourth-order valence-electron chi connectivity index (χ4n) is 2.33. The normalized spacial score (nSPS) is 20.2. The number of amides is 1. The van der Waals surface area contributed by atoms with Crippen LogP contribution in [0.4, 0.5) is 0 Å². The van der Waals surface area contributed by atoms with Crippen molar-refractivity contribution < 1.29 is 14.7 Å². The largest absolute Gasteiger partial charge is 0.476 e. The van der Waals surface area contributed by atoms with E-state index in [1.165, 1.54) is 0 Å². The third-order valence-corrected chi connectivity index (χ3v) is 4.14. The number of carboxylic acid groups (broad SMARTS) is 1. The summed E-state index contributed by atoms with van der Waals surface area (Å²) in [7, 11) is 1.64. The Morgan fingerprint density at radius 2 is 2.37 bits per heavy atom. The van der Waals surface area contributed by atoms with Crippen LogP contribution in [0.3, 0.4) is 0 Å². The Bertz CT molecular complexity index is 475. The molecule has 1 aromatic heterocycles. The minimum absolute atomic E-state index is 0.0217. The van der Waals surface area contributed by atoms with E-state index in [0.717, 1.165) is 42.8 Å². The predicted molar refractivity (Wildman–Crippen MR) is 71.2 cm³/mol. The van der Waals surface area contributed by atoms with Crippen molar-refractivity contribution in [3.05, 3.63) is 16.1 Å². The summed E-state index contributed by atoms with van der Waals surface area (Å²) in [4.78, 5) is 28.8. The number of carbonyl (C=O) groups is 2. The van der Waals surface area contributed by atoms with Crippen LogP contribution in [0, 0.1) is 0 Å². The number of hydrogen-bond donors (Lipinski definition) is 2. The molecule has 0 saturated carbocycles. The van der Waals surface area contributed by atoms with Gasteiger partial charge in [0, 0.05) is 19.0 Å². The molecule has 2 heterocycles. The van der Waals surface area contributed by atoms with Gasteiger partial charge in [-0.3, -0.25) is 9.69 Å². The van der Waals surface area contributed by atoms with Gasteiger partial charge >= 0.3 is 5.97 Å². The molecule has 1 atom stereocenters. The monoisotopic (exact) mass is 283 g/mol. The Balaban J connectivity index is 2.06. The van der Waals surface area contributed by atoms with Gasteiger partial charge in [0.05, 0.1) is 11.7 Å². The number of likely N-dealkylation sites (N-methyl/N-ethyl adjacent to an activating group) is 1. The van der Waals surface area contributed by atoms with Gasteiger partial charge in [0.1, 0.15) is 0 Å². The third kappa shape index (κ3) is 3.30. The van der Waals surface area contributed by atoms with Crippen molar-refractivity contribution in [3.8, 4) is 0 Å². The van der Waals surface area contributed by atoms with Crippen molar-refractivity contribution in [3.63, 3.8) is 0 Å². The molecule has 1 amide bonds. The van der Waals surface area contributed by atoms with Gasteiger partial charge in [0.25, 0.3) is 0 Å². The van der Waals surface area contributed by atoms with Crippen molar-refractivity contribution in [1.82, 2.24) is 15.2 Å². The lowest BCUT2D eigenvalue weighted by Gasteiger charge is -2.33. The first-order chi connectivity index (χ1) is 9.11. The zero-order chi connectivity index (χ0) is 13.8. The molecule has 7 heteroatoms. The number of aromatic nitrogens is 1. The lowest BCUT2D eigenvalue weighted by atomic mass is 10.0. The summed E-state index contributed by atoms with van der Waals surface area (Å²) >= 11 is 1.12. The van der Waals surface area contributed by atoms with Crippen LogP contribution in [0.15, 0.2) is 5.38 Å². The molecule has 1 aliphatic rings. The molecule has 0 radical (unpaired) electrons. The summed E-state index contributed by atoms with van der Waals surface area (Å²) in [5.74, 6) is -0.980. The molecule has 2 N–H and O–H groups in total. The summed E-state index contributed by atoms with van der Waals surface area (Å²) < 4.78 is 0. The first kappa shape index (κ1) is 14.0. The number of hydrogen-bond acceptors (Lipinski definition) is 5. The number of carbonyl (C=O) groups excluding carboxylic acids is 1.